The van der Waals surface area contributed by atoms with E-state index < -0.39 is 51.5 Å². The van der Waals surface area contributed by atoms with Crippen molar-refractivity contribution in [1.29, 1.82) is 5.26 Å². The van der Waals surface area contributed by atoms with Crippen LogP contribution in [0.4, 0.5) is 13.2 Å². The number of hydrogen-bond acceptors (Lipinski definition) is 5. The fourth-order valence-electron chi connectivity index (χ4n) is 3.23. The zero-order chi connectivity index (χ0) is 26.1. The van der Waals surface area contributed by atoms with Gasteiger partial charge in [0, 0.05) is 22.3 Å². The highest BCUT2D eigenvalue weighted by Crippen LogP contribution is 2.36. The maximum atomic E-state index is 14.7. The van der Waals surface area contributed by atoms with Gasteiger partial charge >= 0.3 is 0 Å². The first-order chi connectivity index (χ1) is 16.4. The summed E-state index contributed by atoms with van der Waals surface area (Å²) in [6.45, 7) is 5.87. The third-order valence-corrected chi connectivity index (χ3v) is 5.68. The summed E-state index contributed by atoms with van der Waals surface area (Å²) in [5.41, 5.74) is -3.26. The lowest BCUT2D eigenvalue weighted by Gasteiger charge is -2.25. The molecule has 11 heteroatoms. The summed E-state index contributed by atoms with van der Waals surface area (Å²) in [5.74, 6) is -2.31. The monoisotopic (exact) mass is 506 g/mol. The second-order valence-corrected chi connectivity index (χ2v) is 9.22. The van der Waals surface area contributed by atoms with Crippen LogP contribution in [0.15, 0.2) is 40.2 Å². The number of aromatic amines is 1. The van der Waals surface area contributed by atoms with Gasteiger partial charge in [0.15, 0.2) is 11.6 Å². The summed E-state index contributed by atoms with van der Waals surface area (Å²) in [7, 11) is 0. The van der Waals surface area contributed by atoms with Crippen molar-refractivity contribution in [2.45, 2.75) is 52.0 Å². The standard InChI is InChI=1S/C24H22ClF3N4O3/c1-12(2)16-6-5-13(21(33)31-16)10-32-11-30-20(24(3,4)23(27)28)19(22(32)34)35-17-8-15(25)7-14(9-29)18(17)26/h5-8,11-12,23H,10H2,1-4H3,(H,31,33). The molecular weight excluding hydrogens is 485 g/mol. The average Bonchev–Trinajstić information content (AvgIpc) is 2.79. The number of nitrogens with one attached hydrogen (secondary N) is 1. The molecule has 0 bridgehead atoms. The van der Waals surface area contributed by atoms with Crippen molar-refractivity contribution in [3.05, 3.63) is 84.7 Å². The number of aromatic nitrogens is 3. The number of benzene rings is 1. The molecule has 0 radical (unpaired) electrons. The normalized spacial score (nSPS) is 11.7. The van der Waals surface area contributed by atoms with Crippen molar-refractivity contribution in [2.75, 3.05) is 0 Å². The predicted molar refractivity (Wildman–Crippen MR) is 124 cm³/mol. The molecule has 0 aliphatic heterocycles. The Hall–Kier alpha value is -3.58. The molecule has 184 valence electrons. The van der Waals surface area contributed by atoms with Crippen LogP contribution in [0.2, 0.25) is 5.02 Å². The van der Waals surface area contributed by atoms with Crippen LogP contribution in [0.1, 0.15) is 56.1 Å². The van der Waals surface area contributed by atoms with Crippen molar-refractivity contribution < 1.29 is 17.9 Å². The number of nitrogens with zero attached hydrogens (tertiary/aromatic N) is 3. The van der Waals surface area contributed by atoms with Gasteiger partial charge in [-0.15, -0.1) is 0 Å². The molecule has 3 aromatic rings. The predicted octanol–water partition coefficient (Wildman–Crippen LogP) is 5.10. The summed E-state index contributed by atoms with van der Waals surface area (Å²) >= 11 is 5.92. The lowest BCUT2D eigenvalue weighted by atomic mass is 9.89. The van der Waals surface area contributed by atoms with Gasteiger partial charge in [-0.2, -0.15) is 5.26 Å². The van der Waals surface area contributed by atoms with E-state index in [0.29, 0.717) is 5.69 Å². The summed E-state index contributed by atoms with van der Waals surface area (Å²) in [4.78, 5) is 32.6. The van der Waals surface area contributed by atoms with E-state index in [2.05, 4.69) is 9.97 Å². The number of nitriles is 1. The van der Waals surface area contributed by atoms with Crippen LogP contribution in [0.3, 0.4) is 0 Å². The van der Waals surface area contributed by atoms with E-state index in [4.69, 9.17) is 21.6 Å². The minimum absolute atomic E-state index is 0.0615. The fraction of sp³-hybridized carbons (Fsp3) is 0.333. The first-order valence-corrected chi connectivity index (χ1v) is 10.9. The minimum Gasteiger partial charge on any atom is -0.446 e. The van der Waals surface area contributed by atoms with Gasteiger partial charge in [0.25, 0.3) is 11.1 Å². The highest BCUT2D eigenvalue weighted by atomic mass is 35.5. The van der Waals surface area contributed by atoms with Crippen molar-refractivity contribution >= 4 is 11.6 Å². The molecule has 0 spiro atoms. The molecule has 0 unspecified atom stereocenters. The van der Waals surface area contributed by atoms with E-state index in [-0.39, 0.29) is 23.0 Å². The zero-order valence-corrected chi connectivity index (χ0v) is 20.1. The van der Waals surface area contributed by atoms with Crippen LogP contribution in [0.5, 0.6) is 11.5 Å². The molecule has 0 aliphatic rings. The van der Waals surface area contributed by atoms with Gasteiger partial charge in [-0.25, -0.2) is 18.2 Å². The van der Waals surface area contributed by atoms with Crippen molar-refractivity contribution in [2.24, 2.45) is 0 Å². The topological polar surface area (TPSA) is 101 Å². The number of pyridine rings is 1. The molecule has 7 nitrogen and oxygen atoms in total. The number of H-pyrrole nitrogens is 1. The van der Waals surface area contributed by atoms with Crippen LogP contribution in [0.25, 0.3) is 0 Å². The lowest BCUT2D eigenvalue weighted by molar-refractivity contribution is 0.0654. The zero-order valence-electron chi connectivity index (χ0n) is 19.3. The summed E-state index contributed by atoms with van der Waals surface area (Å²) in [5, 5.41) is 9.06. The summed E-state index contributed by atoms with van der Waals surface area (Å²) in [6.07, 6.45) is -1.92. The minimum atomic E-state index is -2.95. The van der Waals surface area contributed by atoms with E-state index in [0.717, 1.165) is 36.9 Å². The van der Waals surface area contributed by atoms with E-state index in [9.17, 15) is 22.8 Å². The van der Waals surface area contributed by atoms with Gasteiger partial charge in [-0.3, -0.25) is 14.2 Å². The molecule has 3 rings (SSSR count). The van der Waals surface area contributed by atoms with Gasteiger partial charge in [0.2, 0.25) is 12.2 Å². The van der Waals surface area contributed by atoms with Crippen molar-refractivity contribution in [3.63, 3.8) is 0 Å². The molecule has 1 aromatic carbocycles. The third-order valence-electron chi connectivity index (χ3n) is 5.47. The van der Waals surface area contributed by atoms with Crippen LogP contribution < -0.4 is 15.9 Å². The molecular formula is C24H22ClF3N4O3. The highest BCUT2D eigenvalue weighted by Gasteiger charge is 2.38. The number of alkyl halides is 2. The van der Waals surface area contributed by atoms with Gasteiger partial charge in [-0.1, -0.05) is 25.4 Å². The Kier molecular flexibility index (Phi) is 7.41. The van der Waals surface area contributed by atoms with Crippen molar-refractivity contribution in [3.8, 4) is 17.6 Å². The molecule has 0 saturated heterocycles. The number of ether oxygens (including phenoxy) is 1. The van der Waals surface area contributed by atoms with Crippen LogP contribution in [-0.2, 0) is 12.0 Å². The molecule has 1 N–H and O–H groups in total. The second-order valence-electron chi connectivity index (χ2n) is 8.78. The fourth-order valence-corrected chi connectivity index (χ4v) is 3.44. The molecule has 2 aromatic heterocycles. The SMILES string of the molecule is CC(C)c1ccc(Cn2cnc(C(C)(C)C(F)F)c(Oc3cc(Cl)cc(C#N)c3F)c2=O)c(=O)[nH]1. The molecule has 0 fully saturated rings. The van der Waals surface area contributed by atoms with Crippen LogP contribution >= 0.6 is 11.6 Å². The van der Waals surface area contributed by atoms with Crippen LogP contribution in [0, 0.1) is 17.1 Å². The van der Waals surface area contributed by atoms with E-state index >= 15 is 0 Å². The quantitative estimate of drug-likeness (QED) is 0.480. The average molecular weight is 507 g/mol. The third kappa shape index (κ3) is 5.25. The number of hydrogen-bond donors (Lipinski definition) is 1. The van der Waals surface area contributed by atoms with E-state index in [1.165, 1.54) is 0 Å². The first-order valence-electron chi connectivity index (χ1n) is 10.5. The van der Waals surface area contributed by atoms with Gasteiger partial charge < -0.3 is 9.72 Å². The highest BCUT2D eigenvalue weighted by molar-refractivity contribution is 6.30. The molecule has 0 amide bonds. The lowest BCUT2D eigenvalue weighted by Crippen LogP contribution is -2.34. The van der Waals surface area contributed by atoms with Crippen molar-refractivity contribution in [1.82, 2.24) is 14.5 Å². The molecule has 35 heavy (non-hydrogen) atoms. The molecule has 0 saturated carbocycles. The summed E-state index contributed by atoms with van der Waals surface area (Å²) in [6, 6.07) is 6.94. The Bertz CT molecular complexity index is 1420. The smallest absolute Gasteiger partial charge is 0.296 e. The Labute approximate surface area is 203 Å². The maximum Gasteiger partial charge on any atom is 0.296 e. The first kappa shape index (κ1) is 26.0. The number of halogens is 4. The Balaban J connectivity index is 2.17. The molecule has 2 heterocycles. The van der Waals surface area contributed by atoms with Gasteiger partial charge in [0.05, 0.1) is 23.9 Å². The Morgan fingerprint density at radius 1 is 1.26 bits per heavy atom. The van der Waals surface area contributed by atoms with Gasteiger partial charge in [0.1, 0.15) is 11.8 Å². The van der Waals surface area contributed by atoms with Crippen LogP contribution in [-0.4, -0.2) is 21.0 Å². The molecule has 0 atom stereocenters. The van der Waals surface area contributed by atoms with Gasteiger partial charge in [-0.05, 0) is 38.0 Å². The van der Waals surface area contributed by atoms with E-state index in [1.807, 2.05) is 13.8 Å². The Morgan fingerprint density at radius 3 is 2.51 bits per heavy atom. The molecule has 0 aliphatic carbocycles. The van der Waals surface area contributed by atoms with E-state index in [1.54, 1.807) is 18.2 Å². The maximum absolute atomic E-state index is 14.7. The summed E-state index contributed by atoms with van der Waals surface area (Å²) < 4.78 is 48.8. The second kappa shape index (κ2) is 9.96. The Morgan fingerprint density at radius 2 is 1.94 bits per heavy atom. The largest absolute Gasteiger partial charge is 0.446 e. The number of rotatable bonds is 7.